The molecule has 1 radical (unpaired) electrons. The highest BCUT2D eigenvalue weighted by molar-refractivity contribution is 5.58. The molecule has 1 nitrogen and oxygen atoms in total. The van der Waals surface area contributed by atoms with Crippen LogP contribution in [0.4, 0.5) is 11.4 Å². The van der Waals surface area contributed by atoms with Crippen molar-refractivity contribution in [2.45, 2.75) is 20.8 Å². The largest absolute Gasteiger partial charge is 0.356 e. The van der Waals surface area contributed by atoms with Gasteiger partial charge in [0, 0.05) is 11.4 Å². The van der Waals surface area contributed by atoms with E-state index >= 15 is 0 Å². The second kappa shape index (κ2) is 7.50. The van der Waals surface area contributed by atoms with Gasteiger partial charge in [-0.2, -0.15) is 0 Å². The molecule has 0 aliphatic heterocycles. The highest BCUT2D eigenvalue weighted by atomic mass is 14.9. The quantitative estimate of drug-likeness (QED) is 0.755. The molecule has 2 aromatic rings. The molecule has 0 heterocycles. The minimum atomic E-state index is 1.12. The van der Waals surface area contributed by atoms with Gasteiger partial charge in [0.2, 0.25) is 0 Å². The lowest BCUT2D eigenvalue weighted by Gasteiger charge is -2.04. The van der Waals surface area contributed by atoms with Crippen LogP contribution in [-0.4, -0.2) is 0 Å². The second-order valence-electron chi connectivity index (χ2n) is 4.36. The van der Waals surface area contributed by atoms with E-state index < -0.39 is 0 Å². The average Bonchev–Trinajstić information content (AvgIpc) is 2.31. The van der Waals surface area contributed by atoms with Gasteiger partial charge in [-0.1, -0.05) is 57.2 Å². The Morgan fingerprint density at radius 2 is 0.941 bits per heavy atom. The van der Waals surface area contributed by atoms with Gasteiger partial charge in [0.15, 0.2) is 0 Å². The van der Waals surface area contributed by atoms with Crippen molar-refractivity contribution in [1.29, 1.82) is 0 Å². The molecule has 0 saturated heterocycles. The molecule has 0 saturated carbocycles. The lowest BCUT2D eigenvalue weighted by Crippen LogP contribution is -1.87. The Kier molecular flexibility index (Phi) is 5.87. The summed E-state index contributed by atoms with van der Waals surface area (Å²) in [6.45, 7) is 6.25. The average molecular weight is 226 g/mol. The Bertz CT molecular complexity index is 352. The fraction of sp³-hybridized carbons (Fsp3) is 0.188. The third-order valence-corrected chi connectivity index (χ3v) is 1.84. The van der Waals surface area contributed by atoms with E-state index in [0.717, 1.165) is 11.4 Å². The zero-order valence-electron chi connectivity index (χ0n) is 10.8. The van der Waals surface area contributed by atoms with Crippen LogP contribution in [0.25, 0.3) is 0 Å². The molecule has 1 heteroatoms. The van der Waals surface area contributed by atoms with Gasteiger partial charge in [-0.15, -0.1) is 0 Å². The van der Waals surface area contributed by atoms with E-state index in [1.165, 1.54) is 5.92 Å². The molecule has 2 aromatic carbocycles. The van der Waals surface area contributed by atoms with E-state index in [-0.39, 0.29) is 0 Å². The van der Waals surface area contributed by atoms with Gasteiger partial charge in [-0.3, -0.25) is 0 Å². The van der Waals surface area contributed by atoms with Gasteiger partial charge in [0.25, 0.3) is 0 Å². The molecule has 0 amide bonds. The fourth-order valence-electron chi connectivity index (χ4n) is 1.21. The van der Waals surface area contributed by atoms with Crippen LogP contribution in [0.5, 0.6) is 0 Å². The predicted octanol–water partition coefficient (Wildman–Crippen LogP) is 5.05. The van der Waals surface area contributed by atoms with E-state index in [9.17, 15) is 0 Å². The number of benzene rings is 2. The molecule has 2 rings (SSSR count). The monoisotopic (exact) mass is 226 g/mol. The van der Waals surface area contributed by atoms with Crippen molar-refractivity contribution in [1.82, 2.24) is 0 Å². The maximum absolute atomic E-state index is 3.30. The summed E-state index contributed by atoms with van der Waals surface area (Å²) in [5.41, 5.74) is 2.24. The van der Waals surface area contributed by atoms with Crippen molar-refractivity contribution in [2.24, 2.45) is 0 Å². The Morgan fingerprint density at radius 3 is 1.24 bits per heavy atom. The smallest absolute Gasteiger partial charge is 0.0384 e. The molecule has 17 heavy (non-hydrogen) atoms. The first kappa shape index (κ1) is 13.3. The second-order valence-corrected chi connectivity index (χ2v) is 4.36. The molecule has 0 fully saturated rings. The first-order chi connectivity index (χ1) is 8.18. The number of hydrogen-bond donors (Lipinski definition) is 1. The van der Waals surface area contributed by atoms with Crippen LogP contribution in [0.1, 0.15) is 20.8 Å². The molecule has 1 N–H and O–H groups in total. The number of rotatable bonds is 2. The van der Waals surface area contributed by atoms with E-state index in [1.807, 2.05) is 60.7 Å². The molecule has 0 spiro atoms. The molecule has 0 atom stereocenters. The maximum Gasteiger partial charge on any atom is 0.0384 e. The van der Waals surface area contributed by atoms with Crippen LogP contribution < -0.4 is 5.32 Å². The summed E-state index contributed by atoms with van der Waals surface area (Å²) in [7, 11) is 0. The summed E-state index contributed by atoms with van der Waals surface area (Å²) in [6.07, 6.45) is 0. The Balaban J connectivity index is 0.000000317. The standard InChI is InChI=1S/C12H11N.C4H9/c1-3-7-11(8-4-1)13-12-9-5-2-6-10-12;1-4(2)3/h1-10,13H;1-3H3. The summed E-state index contributed by atoms with van der Waals surface area (Å²) >= 11 is 0. The van der Waals surface area contributed by atoms with Gasteiger partial charge in [0.05, 0.1) is 0 Å². The predicted molar refractivity (Wildman–Crippen MR) is 76.4 cm³/mol. The zero-order valence-corrected chi connectivity index (χ0v) is 10.8. The van der Waals surface area contributed by atoms with E-state index in [1.54, 1.807) is 0 Å². The van der Waals surface area contributed by atoms with Crippen molar-refractivity contribution < 1.29 is 0 Å². The number of hydrogen-bond acceptors (Lipinski definition) is 1. The SMILES string of the molecule is C[C](C)C.c1ccc(Nc2ccccc2)cc1. The highest BCUT2D eigenvalue weighted by Crippen LogP contribution is 2.14. The van der Waals surface area contributed by atoms with Crippen molar-refractivity contribution in [3.63, 3.8) is 0 Å². The molecule has 0 unspecified atom stereocenters. The van der Waals surface area contributed by atoms with E-state index in [0.29, 0.717) is 0 Å². The van der Waals surface area contributed by atoms with Crippen LogP contribution >= 0.6 is 0 Å². The topological polar surface area (TPSA) is 12.0 Å². The van der Waals surface area contributed by atoms with E-state index in [4.69, 9.17) is 0 Å². The van der Waals surface area contributed by atoms with Crippen LogP contribution in [0.3, 0.4) is 0 Å². The Labute approximate surface area is 105 Å². The van der Waals surface area contributed by atoms with Crippen LogP contribution in [0.2, 0.25) is 0 Å². The van der Waals surface area contributed by atoms with Crippen molar-refractivity contribution in [2.75, 3.05) is 5.32 Å². The molecule has 0 aromatic heterocycles. The van der Waals surface area contributed by atoms with Crippen LogP contribution in [0, 0.1) is 5.92 Å². The lowest BCUT2D eigenvalue weighted by atomic mass is 10.3. The number of para-hydroxylation sites is 2. The molecule has 0 aliphatic carbocycles. The zero-order chi connectivity index (χ0) is 12.5. The molecule has 0 bridgehead atoms. The normalized spacial score (nSPS) is 9.41. The van der Waals surface area contributed by atoms with Crippen LogP contribution in [-0.2, 0) is 0 Å². The van der Waals surface area contributed by atoms with Gasteiger partial charge < -0.3 is 5.32 Å². The molecule has 0 aliphatic rings. The third kappa shape index (κ3) is 6.41. The van der Waals surface area contributed by atoms with Gasteiger partial charge in [-0.05, 0) is 30.2 Å². The maximum atomic E-state index is 3.30. The highest BCUT2D eigenvalue weighted by Gasteiger charge is 1.89. The van der Waals surface area contributed by atoms with Gasteiger partial charge in [0.1, 0.15) is 0 Å². The summed E-state index contributed by atoms with van der Waals surface area (Å²) in [6, 6.07) is 20.3. The van der Waals surface area contributed by atoms with Gasteiger partial charge in [-0.25, -0.2) is 0 Å². The van der Waals surface area contributed by atoms with Crippen molar-refractivity contribution in [3.05, 3.63) is 66.6 Å². The fourth-order valence-corrected chi connectivity index (χ4v) is 1.21. The summed E-state index contributed by atoms with van der Waals surface area (Å²) in [4.78, 5) is 0. The summed E-state index contributed by atoms with van der Waals surface area (Å²) in [5.74, 6) is 1.42. The third-order valence-electron chi connectivity index (χ3n) is 1.84. The van der Waals surface area contributed by atoms with Crippen molar-refractivity contribution in [3.8, 4) is 0 Å². The summed E-state index contributed by atoms with van der Waals surface area (Å²) in [5, 5.41) is 3.30. The molecule has 89 valence electrons. The number of anilines is 2. The Morgan fingerprint density at radius 1 is 0.647 bits per heavy atom. The molecular formula is C16H20N. The van der Waals surface area contributed by atoms with Gasteiger partial charge >= 0.3 is 0 Å². The first-order valence-electron chi connectivity index (χ1n) is 5.82. The Hall–Kier alpha value is -1.76. The minimum absolute atomic E-state index is 1.12. The summed E-state index contributed by atoms with van der Waals surface area (Å²) < 4.78 is 0. The van der Waals surface area contributed by atoms with Crippen LogP contribution in [0.15, 0.2) is 60.7 Å². The molecular weight excluding hydrogens is 206 g/mol. The minimum Gasteiger partial charge on any atom is -0.356 e. The first-order valence-corrected chi connectivity index (χ1v) is 5.82. The van der Waals surface area contributed by atoms with E-state index in [2.05, 4.69) is 26.1 Å². The number of nitrogens with one attached hydrogen (secondary N) is 1. The lowest BCUT2D eigenvalue weighted by molar-refractivity contribution is 1.10. The van der Waals surface area contributed by atoms with Crippen molar-refractivity contribution >= 4 is 11.4 Å².